The zero-order chi connectivity index (χ0) is 13.0. The van der Waals surface area contributed by atoms with Crippen molar-refractivity contribution in [1.29, 1.82) is 0 Å². The molecule has 0 amide bonds. The molecule has 1 atom stereocenters. The lowest BCUT2D eigenvalue weighted by atomic mass is 10.1. The summed E-state index contributed by atoms with van der Waals surface area (Å²) in [4.78, 5) is 11.9. The Morgan fingerprint density at radius 2 is 2.00 bits per heavy atom. The minimum absolute atomic E-state index is 0.0664. The van der Waals surface area contributed by atoms with Gasteiger partial charge in [0.15, 0.2) is 0 Å². The molecule has 0 bridgehead atoms. The molecule has 0 saturated carbocycles. The molecule has 0 radical (unpaired) electrons. The Morgan fingerprint density at radius 1 is 1.35 bits per heavy atom. The van der Waals surface area contributed by atoms with Crippen molar-refractivity contribution in [3.63, 3.8) is 0 Å². The van der Waals surface area contributed by atoms with Crippen LogP contribution in [0.3, 0.4) is 0 Å². The lowest BCUT2D eigenvalue weighted by molar-refractivity contribution is 0.0299. The molecule has 0 fully saturated rings. The summed E-state index contributed by atoms with van der Waals surface area (Å²) in [5.41, 5.74) is 7.70. The van der Waals surface area contributed by atoms with Crippen LogP contribution < -0.4 is 5.73 Å². The van der Waals surface area contributed by atoms with Gasteiger partial charge < -0.3 is 10.5 Å². The van der Waals surface area contributed by atoms with Crippen molar-refractivity contribution in [3.05, 3.63) is 29.3 Å². The predicted molar refractivity (Wildman–Crippen MR) is 69.9 cm³/mol. The summed E-state index contributed by atoms with van der Waals surface area (Å²) in [5, 5.41) is 0. The van der Waals surface area contributed by atoms with Gasteiger partial charge in [0, 0.05) is 5.69 Å². The number of nitrogen functional groups attached to an aromatic ring is 1. The van der Waals surface area contributed by atoms with Crippen molar-refractivity contribution in [1.82, 2.24) is 0 Å². The van der Waals surface area contributed by atoms with E-state index in [1.165, 1.54) is 0 Å². The fourth-order valence-electron chi connectivity index (χ4n) is 1.82. The van der Waals surface area contributed by atoms with Crippen LogP contribution in [0.2, 0.25) is 0 Å². The van der Waals surface area contributed by atoms with E-state index in [0.717, 1.165) is 12.0 Å². The SMILES string of the molecule is Cc1ccc(N)cc1C(=O)OC(C)CC(C)C. The molecule has 2 N–H and O–H groups in total. The maximum Gasteiger partial charge on any atom is 0.338 e. The van der Waals surface area contributed by atoms with E-state index in [2.05, 4.69) is 13.8 Å². The highest BCUT2D eigenvalue weighted by Crippen LogP contribution is 2.16. The monoisotopic (exact) mass is 235 g/mol. The van der Waals surface area contributed by atoms with E-state index in [0.29, 0.717) is 17.2 Å². The minimum Gasteiger partial charge on any atom is -0.459 e. The van der Waals surface area contributed by atoms with Gasteiger partial charge in [-0.1, -0.05) is 19.9 Å². The Labute approximate surface area is 103 Å². The Balaban J connectivity index is 2.73. The molecule has 1 unspecified atom stereocenters. The van der Waals surface area contributed by atoms with E-state index in [9.17, 15) is 4.79 Å². The van der Waals surface area contributed by atoms with E-state index in [-0.39, 0.29) is 12.1 Å². The summed E-state index contributed by atoms with van der Waals surface area (Å²) in [7, 11) is 0. The second-order valence-electron chi connectivity index (χ2n) is 4.92. The van der Waals surface area contributed by atoms with Gasteiger partial charge >= 0.3 is 5.97 Å². The third-order valence-corrected chi connectivity index (χ3v) is 2.59. The average Bonchev–Trinajstić information content (AvgIpc) is 2.20. The summed E-state index contributed by atoms with van der Waals surface area (Å²) in [6.07, 6.45) is 0.802. The Bertz CT molecular complexity index is 399. The largest absolute Gasteiger partial charge is 0.459 e. The van der Waals surface area contributed by atoms with Gasteiger partial charge in [0.25, 0.3) is 0 Å². The number of anilines is 1. The summed E-state index contributed by atoms with van der Waals surface area (Å²) < 4.78 is 5.39. The van der Waals surface area contributed by atoms with E-state index < -0.39 is 0 Å². The molecule has 3 heteroatoms. The molecule has 1 rings (SSSR count). The number of hydrogen-bond acceptors (Lipinski definition) is 3. The molecule has 0 aromatic heterocycles. The number of carbonyl (C=O) groups excluding carboxylic acids is 1. The van der Waals surface area contributed by atoms with Crippen molar-refractivity contribution in [2.75, 3.05) is 5.73 Å². The molecular formula is C14H21NO2. The van der Waals surface area contributed by atoms with Crippen LogP contribution in [0, 0.1) is 12.8 Å². The van der Waals surface area contributed by atoms with Crippen LogP contribution in [-0.2, 0) is 4.74 Å². The fraction of sp³-hybridized carbons (Fsp3) is 0.500. The van der Waals surface area contributed by atoms with Gasteiger partial charge in [-0.15, -0.1) is 0 Å². The van der Waals surface area contributed by atoms with E-state index >= 15 is 0 Å². The zero-order valence-electron chi connectivity index (χ0n) is 11.0. The maximum absolute atomic E-state index is 11.9. The number of ether oxygens (including phenoxy) is 1. The molecule has 0 saturated heterocycles. The lowest BCUT2D eigenvalue weighted by Gasteiger charge is -2.16. The normalized spacial score (nSPS) is 12.5. The standard InChI is InChI=1S/C14H21NO2/c1-9(2)7-11(4)17-14(16)13-8-12(15)6-5-10(13)3/h5-6,8-9,11H,7,15H2,1-4H3. The van der Waals surface area contributed by atoms with E-state index in [4.69, 9.17) is 10.5 Å². The molecule has 0 aliphatic rings. The molecule has 0 aliphatic heterocycles. The first-order valence-corrected chi connectivity index (χ1v) is 5.97. The first-order chi connectivity index (χ1) is 7.90. The second-order valence-corrected chi connectivity index (χ2v) is 4.92. The average molecular weight is 235 g/mol. The van der Waals surface area contributed by atoms with Crippen LogP contribution in [0.15, 0.2) is 18.2 Å². The van der Waals surface area contributed by atoms with Gasteiger partial charge in [-0.25, -0.2) is 4.79 Å². The summed E-state index contributed by atoms with van der Waals surface area (Å²) in [6, 6.07) is 5.28. The molecule has 3 nitrogen and oxygen atoms in total. The second kappa shape index (κ2) is 5.71. The molecule has 1 aromatic carbocycles. The Morgan fingerprint density at radius 3 is 2.59 bits per heavy atom. The van der Waals surface area contributed by atoms with Gasteiger partial charge in [-0.05, 0) is 43.9 Å². The van der Waals surface area contributed by atoms with Crippen LogP contribution >= 0.6 is 0 Å². The Kier molecular flexibility index (Phi) is 4.55. The number of carbonyl (C=O) groups is 1. The van der Waals surface area contributed by atoms with Gasteiger partial charge in [0.2, 0.25) is 0 Å². The number of hydrogen-bond donors (Lipinski definition) is 1. The molecular weight excluding hydrogens is 214 g/mol. The molecule has 17 heavy (non-hydrogen) atoms. The third kappa shape index (κ3) is 4.10. The molecule has 94 valence electrons. The number of esters is 1. The number of rotatable bonds is 4. The summed E-state index contributed by atoms with van der Waals surface area (Å²) in [5.74, 6) is 0.225. The molecule has 0 aliphatic carbocycles. The van der Waals surface area contributed by atoms with Crippen LogP contribution in [0.5, 0.6) is 0 Å². The van der Waals surface area contributed by atoms with Crippen molar-refractivity contribution in [2.24, 2.45) is 5.92 Å². The fourth-order valence-corrected chi connectivity index (χ4v) is 1.82. The third-order valence-electron chi connectivity index (χ3n) is 2.59. The topological polar surface area (TPSA) is 52.3 Å². The summed E-state index contributed by atoms with van der Waals surface area (Å²) in [6.45, 7) is 8.01. The molecule has 1 aromatic rings. The highest BCUT2D eigenvalue weighted by molar-refractivity contribution is 5.92. The number of nitrogens with two attached hydrogens (primary N) is 1. The Hall–Kier alpha value is -1.51. The predicted octanol–water partition coefficient (Wildman–Crippen LogP) is 3.17. The van der Waals surface area contributed by atoms with Crippen LogP contribution in [0.25, 0.3) is 0 Å². The zero-order valence-corrected chi connectivity index (χ0v) is 11.0. The lowest BCUT2D eigenvalue weighted by Crippen LogP contribution is -2.17. The molecule has 0 spiro atoms. The van der Waals surface area contributed by atoms with Crippen molar-refractivity contribution in [2.45, 2.75) is 40.2 Å². The number of benzene rings is 1. The minimum atomic E-state index is -0.289. The quantitative estimate of drug-likeness (QED) is 0.644. The van der Waals surface area contributed by atoms with Crippen LogP contribution in [0.1, 0.15) is 43.1 Å². The summed E-state index contributed by atoms with van der Waals surface area (Å²) >= 11 is 0. The van der Waals surface area contributed by atoms with Gasteiger partial charge in [0.1, 0.15) is 0 Å². The van der Waals surface area contributed by atoms with Crippen molar-refractivity contribution in [3.8, 4) is 0 Å². The highest BCUT2D eigenvalue weighted by atomic mass is 16.5. The van der Waals surface area contributed by atoms with Crippen LogP contribution in [0.4, 0.5) is 5.69 Å². The van der Waals surface area contributed by atoms with Crippen molar-refractivity contribution < 1.29 is 9.53 Å². The van der Waals surface area contributed by atoms with Gasteiger partial charge in [-0.3, -0.25) is 0 Å². The van der Waals surface area contributed by atoms with Crippen LogP contribution in [-0.4, -0.2) is 12.1 Å². The van der Waals surface area contributed by atoms with E-state index in [1.807, 2.05) is 19.9 Å². The maximum atomic E-state index is 11.9. The van der Waals surface area contributed by atoms with E-state index in [1.54, 1.807) is 12.1 Å². The number of aryl methyl sites for hydroxylation is 1. The van der Waals surface area contributed by atoms with Crippen molar-refractivity contribution >= 4 is 11.7 Å². The van der Waals surface area contributed by atoms with Gasteiger partial charge in [-0.2, -0.15) is 0 Å². The first-order valence-electron chi connectivity index (χ1n) is 5.97. The molecule has 0 heterocycles. The first kappa shape index (κ1) is 13.6. The highest BCUT2D eigenvalue weighted by Gasteiger charge is 2.15. The smallest absolute Gasteiger partial charge is 0.338 e. The van der Waals surface area contributed by atoms with Gasteiger partial charge in [0.05, 0.1) is 11.7 Å².